The van der Waals surface area contributed by atoms with E-state index in [4.69, 9.17) is 11.6 Å². The van der Waals surface area contributed by atoms with Crippen LogP contribution in [0.4, 0.5) is 5.69 Å². The molecule has 0 bridgehead atoms. The maximum absolute atomic E-state index is 12.0. The van der Waals surface area contributed by atoms with Gasteiger partial charge in [-0.1, -0.05) is 31.4 Å². The van der Waals surface area contributed by atoms with E-state index in [0.717, 1.165) is 32.1 Å². The molecule has 20 heavy (non-hydrogen) atoms. The van der Waals surface area contributed by atoms with Crippen LogP contribution in [0.5, 0.6) is 0 Å². The number of aryl methyl sites for hydroxylation is 1. The van der Waals surface area contributed by atoms with E-state index in [1.807, 2.05) is 6.92 Å². The zero-order valence-corrected chi connectivity index (χ0v) is 12.6. The third kappa shape index (κ3) is 3.15. The summed E-state index contributed by atoms with van der Waals surface area (Å²) in [5.41, 5.74) is 0.216. The van der Waals surface area contributed by atoms with Gasteiger partial charge in [0.05, 0.1) is 18.5 Å². The van der Waals surface area contributed by atoms with Gasteiger partial charge in [-0.05, 0) is 19.3 Å². The second kappa shape index (κ2) is 6.59. The van der Waals surface area contributed by atoms with Crippen LogP contribution in [-0.4, -0.2) is 28.0 Å². The van der Waals surface area contributed by atoms with Crippen LogP contribution in [-0.2, 0) is 6.54 Å². The maximum atomic E-state index is 12.0. The summed E-state index contributed by atoms with van der Waals surface area (Å²) < 4.78 is 1.38. The number of aliphatic hydroxyl groups excluding tert-OH is 1. The fraction of sp³-hybridized carbons (Fsp3) is 0.714. The fourth-order valence-corrected chi connectivity index (χ4v) is 2.97. The summed E-state index contributed by atoms with van der Waals surface area (Å²) in [7, 11) is 0. The smallest absolute Gasteiger partial charge is 0.287 e. The maximum Gasteiger partial charge on any atom is 0.287 e. The van der Waals surface area contributed by atoms with Gasteiger partial charge in [-0.15, -0.1) is 0 Å². The first-order valence-corrected chi connectivity index (χ1v) is 7.60. The number of aliphatic hydroxyl groups is 1. The number of rotatable bonds is 6. The average Bonchev–Trinajstić information content (AvgIpc) is 2.93. The van der Waals surface area contributed by atoms with E-state index in [9.17, 15) is 9.90 Å². The minimum Gasteiger partial charge on any atom is -0.396 e. The standard InChI is InChI=1S/C14H22ClN3O2/c1-2-7-18-13(20)12(15)11(8-17-18)16-9-14(10-19)5-3-4-6-14/h8,16,19H,2-7,9-10H2,1H3. The van der Waals surface area contributed by atoms with Crippen molar-refractivity contribution in [1.82, 2.24) is 9.78 Å². The summed E-state index contributed by atoms with van der Waals surface area (Å²) in [6.07, 6.45) is 6.74. The molecular weight excluding hydrogens is 278 g/mol. The van der Waals surface area contributed by atoms with Gasteiger partial charge in [0.15, 0.2) is 0 Å². The Labute approximate surface area is 124 Å². The molecule has 0 aromatic carbocycles. The Bertz CT molecular complexity index is 510. The number of anilines is 1. The molecule has 6 heteroatoms. The monoisotopic (exact) mass is 299 g/mol. The molecule has 0 saturated heterocycles. The SMILES string of the molecule is CCCn1ncc(NCC2(CO)CCCC2)c(Cl)c1=O. The molecule has 5 nitrogen and oxygen atoms in total. The van der Waals surface area contributed by atoms with E-state index in [-0.39, 0.29) is 22.6 Å². The number of nitrogens with one attached hydrogen (secondary N) is 1. The quantitative estimate of drug-likeness (QED) is 0.845. The minimum absolute atomic E-state index is 0.0817. The molecule has 112 valence electrons. The Morgan fingerprint density at radius 2 is 2.20 bits per heavy atom. The highest BCUT2D eigenvalue weighted by molar-refractivity contribution is 6.32. The molecule has 0 atom stereocenters. The third-order valence-corrected chi connectivity index (χ3v) is 4.44. The fourth-order valence-electron chi connectivity index (χ4n) is 2.76. The molecule has 1 aliphatic rings. The van der Waals surface area contributed by atoms with Crippen molar-refractivity contribution in [2.75, 3.05) is 18.5 Å². The van der Waals surface area contributed by atoms with Crippen LogP contribution < -0.4 is 10.9 Å². The van der Waals surface area contributed by atoms with Gasteiger partial charge in [0.1, 0.15) is 5.02 Å². The first-order valence-electron chi connectivity index (χ1n) is 7.22. The van der Waals surface area contributed by atoms with Gasteiger partial charge in [-0.3, -0.25) is 4.79 Å². The van der Waals surface area contributed by atoms with Gasteiger partial charge in [0.25, 0.3) is 5.56 Å². The Morgan fingerprint density at radius 1 is 1.50 bits per heavy atom. The third-order valence-electron chi connectivity index (χ3n) is 4.07. The summed E-state index contributed by atoms with van der Waals surface area (Å²) in [4.78, 5) is 12.0. The van der Waals surface area contributed by atoms with Crippen molar-refractivity contribution >= 4 is 17.3 Å². The van der Waals surface area contributed by atoms with Crippen molar-refractivity contribution in [3.63, 3.8) is 0 Å². The summed E-state index contributed by atoms with van der Waals surface area (Å²) in [6.45, 7) is 3.35. The number of hydrogen-bond acceptors (Lipinski definition) is 4. The second-order valence-corrected chi connectivity index (χ2v) is 6.00. The summed E-state index contributed by atoms with van der Waals surface area (Å²) in [5, 5.41) is 17.1. The number of halogens is 1. The molecule has 2 rings (SSSR count). The van der Waals surface area contributed by atoms with Crippen molar-refractivity contribution in [3.8, 4) is 0 Å². The van der Waals surface area contributed by atoms with E-state index >= 15 is 0 Å². The van der Waals surface area contributed by atoms with Crippen molar-refractivity contribution in [2.45, 2.75) is 45.6 Å². The molecule has 0 unspecified atom stereocenters. The van der Waals surface area contributed by atoms with Gasteiger partial charge in [-0.25, -0.2) is 4.68 Å². The average molecular weight is 300 g/mol. The normalized spacial score (nSPS) is 17.4. The highest BCUT2D eigenvalue weighted by Crippen LogP contribution is 2.37. The predicted molar refractivity (Wildman–Crippen MR) is 80.3 cm³/mol. The van der Waals surface area contributed by atoms with Crippen molar-refractivity contribution < 1.29 is 5.11 Å². The van der Waals surface area contributed by atoms with E-state index in [2.05, 4.69) is 10.4 Å². The molecule has 1 aliphatic carbocycles. The van der Waals surface area contributed by atoms with E-state index in [1.54, 1.807) is 6.20 Å². The van der Waals surface area contributed by atoms with Crippen LogP contribution in [0.25, 0.3) is 0 Å². The van der Waals surface area contributed by atoms with E-state index in [0.29, 0.717) is 18.8 Å². The molecule has 1 heterocycles. The lowest BCUT2D eigenvalue weighted by atomic mass is 9.87. The molecule has 0 spiro atoms. The van der Waals surface area contributed by atoms with Gasteiger partial charge in [-0.2, -0.15) is 5.10 Å². The van der Waals surface area contributed by atoms with Gasteiger partial charge >= 0.3 is 0 Å². The van der Waals surface area contributed by atoms with Gasteiger partial charge < -0.3 is 10.4 Å². The number of nitrogens with zero attached hydrogens (tertiary/aromatic N) is 2. The first kappa shape index (κ1) is 15.3. The first-order chi connectivity index (χ1) is 9.62. The Kier molecular flexibility index (Phi) is 5.05. The molecule has 2 N–H and O–H groups in total. The molecule has 1 aromatic heterocycles. The molecule has 1 fully saturated rings. The molecule has 1 aromatic rings. The highest BCUT2D eigenvalue weighted by atomic mass is 35.5. The summed E-state index contributed by atoms with van der Waals surface area (Å²) in [6, 6.07) is 0. The van der Waals surface area contributed by atoms with Gasteiger partial charge in [0, 0.05) is 18.5 Å². The van der Waals surface area contributed by atoms with Crippen LogP contribution in [0.3, 0.4) is 0 Å². The highest BCUT2D eigenvalue weighted by Gasteiger charge is 2.33. The number of hydrogen-bond donors (Lipinski definition) is 2. The summed E-state index contributed by atoms with van der Waals surface area (Å²) in [5.74, 6) is 0. The van der Waals surface area contributed by atoms with Crippen molar-refractivity contribution in [1.29, 1.82) is 0 Å². The zero-order valence-electron chi connectivity index (χ0n) is 11.9. The lowest BCUT2D eigenvalue weighted by Gasteiger charge is -2.27. The van der Waals surface area contributed by atoms with Crippen LogP contribution >= 0.6 is 11.6 Å². The molecule has 0 radical (unpaired) electrons. The van der Waals surface area contributed by atoms with Gasteiger partial charge in [0.2, 0.25) is 0 Å². The molecule has 1 saturated carbocycles. The van der Waals surface area contributed by atoms with Crippen LogP contribution in [0.1, 0.15) is 39.0 Å². The zero-order chi connectivity index (χ0) is 14.6. The molecule has 0 aliphatic heterocycles. The Balaban J connectivity index is 2.10. The number of aromatic nitrogens is 2. The van der Waals surface area contributed by atoms with E-state index in [1.165, 1.54) is 4.68 Å². The largest absolute Gasteiger partial charge is 0.396 e. The Morgan fingerprint density at radius 3 is 2.80 bits per heavy atom. The Hall–Kier alpha value is -1.07. The lowest BCUT2D eigenvalue weighted by molar-refractivity contribution is 0.142. The topological polar surface area (TPSA) is 67.2 Å². The second-order valence-electron chi connectivity index (χ2n) is 5.62. The van der Waals surface area contributed by atoms with Crippen LogP contribution in [0, 0.1) is 5.41 Å². The van der Waals surface area contributed by atoms with Crippen LogP contribution in [0.2, 0.25) is 5.02 Å². The van der Waals surface area contributed by atoms with Crippen LogP contribution in [0.15, 0.2) is 11.0 Å². The predicted octanol–water partition coefficient (Wildman–Crippen LogP) is 2.27. The lowest BCUT2D eigenvalue weighted by Crippen LogP contribution is -2.31. The van der Waals surface area contributed by atoms with E-state index < -0.39 is 0 Å². The summed E-state index contributed by atoms with van der Waals surface area (Å²) >= 11 is 6.11. The van der Waals surface area contributed by atoms with Crippen molar-refractivity contribution in [3.05, 3.63) is 21.6 Å². The van der Waals surface area contributed by atoms with Crippen molar-refractivity contribution in [2.24, 2.45) is 5.41 Å². The molecule has 0 amide bonds. The molecular formula is C14H22ClN3O2. The minimum atomic E-state index is -0.261.